The third-order valence-electron chi connectivity index (χ3n) is 1.26. The third kappa shape index (κ3) is 1.93. The number of carbonyl (C=O) groups is 1. The summed E-state index contributed by atoms with van der Waals surface area (Å²) in [4.78, 5) is 10.2. The molecule has 0 radical (unpaired) electrons. The molecule has 0 saturated heterocycles. The van der Waals surface area contributed by atoms with E-state index in [1.807, 2.05) is 6.08 Å². The number of allylic oxidation sites excluding steroid dienone is 1. The van der Waals surface area contributed by atoms with Crippen LogP contribution in [-0.2, 0) is 4.79 Å². The Bertz CT molecular complexity index is 194. The fourth-order valence-corrected chi connectivity index (χ4v) is 0.821. The molecule has 1 heterocycles. The van der Waals surface area contributed by atoms with Gasteiger partial charge in [0.15, 0.2) is 0 Å². The second-order valence-corrected chi connectivity index (χ2v) is 2.15. The highest BCUT2D eigenvalue weighted by atomic mass is 16.4. The largest absolute Gasteiger partial charge is 0.481 e. The molecule has 1 aliphatic heterocycles. The van der Waals surface area contributed by atoms with E-state index >= 15 is 0 Å². The van der Waals surface area contributed by atoms with E-state index in [1.54, 1.807) is 12.4 Å². The smallest absolute Gasteiger partial charge is 0.307 e. The lowest BCUT2D eigenvalue weighted by atomic mass is 10.1. The van der Waals surface area contributed by atoms with Crippen molar-refractivity contribution in [3.8, 4) is 0 Å². The van der Waals surface area contributed by atoms with Crippen molar-refractivity contribution in [3.05, 3.63) is 24.0 Å². The first-order chi connectivity index (χ1) is 4.79. The first kappa shape index (κ1) is 6.86. The molecule has 0 unspecified atom stereocenters. The van der Waals surface area contributed by atoms with E-state index in [4.69, 9.17) is 5.11 Å². The van der Waals surface area contributed by atoms with Gasteiger partial charge in [0.2, 0.25) is 0 Å². The molecule has 0 aromatic rings. The summed E-state index contributed by atoms with van der Waals surface area (Å²) in [7, 11) is 0. The Morgan fingerprint density at radius 2 is 2.60 bits per heavy atom. The van der Waals surface area contributed by atoms with E-state index < -0.39 is 5.97 Å². The van der Waals surface area contributed by atoms with Crippen LogP contribution in [-0.4, -0.2) is 11.1 Å². The molecule has 0 saturated carbocycles. The standard InChI is InChI=1S/C7H9NO2/c9-7(10)4-6-2-1-3-8-5-6/h1,3,5,8H,2,4H2,(H,9,10). The van der Waals surface area contributed by atoms with Gasteiger partial charge in [-0.1, -0.05) is 6.08 Å². The topological polar surface area (TPSA) is 49.3 Å². The normalized spacial score (nSPS) is 15.8. The fraction of sp³-hybridized carbons (Fsp3) is 0.286. The number of aliphatic carboxylic acids is 1. The average molecular weight is 139 g/mol. The maximum Gasteiger partial charge on any atom is 0.307 e. The van der Waals surface area contributed by atoms with Gasteiger partial charge >= 0.3 is 5.97 Å². The highest BCUT2D eigenvalue weighted by molar-refractivity contribution is 5.70. The maximum absolute atomic E-state index is 10.2. The Labute approximate surface area is 59.0 Å². The zero-order valence-electron chi connectivity index (χ0n) is 5.50. The molecule has 1 rings (SSSR count). The second-order valence-electron chi connectivity index (χ2n) is 2.15. The van der Waals surface area contributed by atoms with Crippen molar-refractivity contribution in [1.29, 1.82) is 0 Å². The zero-order valence-corrected chi connectivity index (χ0v) is 5.50. The zero-order chi connectivity index (χ0) is 7.40. The molecule has 54 valence electrons. The lowest BCUT2D eigenvalue weighted by molar-refractivity contribution is -0.136. The van der Waals surface area contributed by atoms with Gasteiger partial charge in [-0.2, -0.15) is 0 Å². The summed E-state index contributed by atoms with van der Waals surface area (Å²) in [5, 5.41) is 11.2. The van der Waals surface area contributed by atoms with E-state index in [-0.39, 0.29) is 6.42 Å². The van der Waals surface area contributed by atoms with Crippen molar-refractivity contribution >= 4 is 5.97 Å². The number of carboxylic acid groups (broad SMARTS) is 1. The van der Waals surface area contributed by atoms with E-state index in [0.717, 1.165) is 12.0 Å². The number of rotatable bonds is 2. The van der Waals surface area contributed by atoms with Crippen LogP contribution in [0.4, 0.5) is 0 Å². The summed E-state index contributed by atoms with van der Waals surface area (Å²) in [5.41, 5.74) is 0.912. The van der Waals surface area contributed by atoms with E-state index in [0.29, 0.717) is 0 Å². The molecule has 10 heavy (non-hydrogen) atoms. The van der Waals surface area contributed by atoms with E-state index in [2.05, 4.69) is 5.32 Å². The molecule has 0 atom stereocenters. The summed E-state index contributed by atoms with van der Waals surface area (Å²) in [6, 6.07) is 0. The minimum Gasteiger partial charge on any atom is -0.481 e. The maximum atomic E-state index is 10.2. The molecule has 1 aliphatic rings. The molecule has 2 N–H and O–H groups in total. The minimum absolute atomic E-state index is 0.136. The lowest BCUT2D eigenvalue weighted by Crippen LogP contribution is -2.04. The predicted octanol–water partition coefficient (Wildman–Crippen LogP) is 0.852. The van der Waals surface area contributed by atoms with Crippen LogP contribution in [0.15, 0.2) is 24.0 Å². The number of carboxylic acids is 1. The Kier molecular flexibility index (Phi) is 2.10. The number of hydrogen-bond donors (Lipinski definition) is 2. The Balaban J connectivity index is 2.41. The van der Waals surface area contributed by atoms with Crippen LogP contribution in [0.3, 0.4) is 0 Å². The summed E-state index contributed by atoms with van der Waals surface area (Å²) in [6.45, 7) is 0. The van der Waals surface area contributed by atoms with Crippen LogP contribution >= 0.6 is 0 Å². The van der Waals surface area contributed by atoms with Crippen molar-refractivity contribution in [3.63, 3.8) is 0 Å². The van der Waals surface area contributed by atoms with Crippen LogP contribution in [0.25, 0.3) is 0 Å². The van der Waals surface area contributed by atoms with Crippen molar-refractivity contribution in [1.82, 2.24) is 5.32 Å². The van der Waals surface area contributed by atoms with Crippen molar-refractivity contribution in [2.75, 3.05) is 0 Å². The molecule has 0 aliphatic carbocycles. The Morgan fingerprint density at radius 3 is 3.10 bits per heavy atom. The van der Waals surface area contributed by atoms with Crippen LogP contribution < -0.4 is 5.32 Å². The average Bonchev–Trinajstić information content (AvgIpc) is 1.88. The monoisotopic (exact) mass is 139 g/mol. The first-order valence-electron chi connectivity index (χ1n) is 3.10. The Morgan fingerprint density at radius 1 is 1.80 bits per heavy atom. The van der Waals surface area contributed by atoms with Crippen molar-refractivity contribution in [2.24, 2.45) is 0 Å². The molecule has 0 aromatic carbocycles. The van der Waals surface area contributed by atoms with Crippen LogP contribution in [0.2, 0.25) is 0 Å². The molecular formula is C7H9NO2. The van der Waals surface area contributed by atoms with E-state index in [9.17, 15) is 4.79 Å². The Hall–Kier alpha value is -1.25. The van der Waals surface area contributed by atoms with Crippen molar-refractivity contribution < 1.29 is 9.90 Å². The summed E-state index contributed by atoms with van der Waals surface area (Å²) < 4.78 is 0. The van der Waals surface area contributed by atoms with Crippen LogP contribution in [0.5, 0.6) is 0 Å². The quantitative estimate of drug-likeness (QED) is 0.596. The molecule has 0 spiro atoms. The van der Waals surface area contributed by atoms with Crippen molar-refractivity contribution in [2.45, 2.75) is 12.8 Å². The minimum atomic E-state index is -0.775. The van der Waals surface area contributed by atoms with Gasteiger partial charge in [-0.25, -0.2) is 0 Å². The highest BCUT2D eigenvalue weighted by Crippen LogP contribution is 2.08. The third-order valence-corrected chi connectivity index (χ3v) is 1.26. The predicted molar refractivity (Wildman–Crippen MR) is 37.2 cm³/mol. The summed E-state index contributed by atoms with van der Waals surface area (Å²) in [6.07, 6.45) is 6.31. The number of nitrogens with one attached hydrogen (secondary N) is 1. The summed E-state index contributed by atoms with van der Waals surface area (Å²) >= 11 is 0. The molecule has 0 amide bonds. The van der Waals surface area contributed by atoms with Gasteiger partial charge in [0, 0.05) is 6.20 Å². The van der Waals surface area contributed by atoms with E-state index in [1.165, 1.54) is 0 Å². The first-order valence-corrected chi connectivity index (χ1v) is 3.10. The van der Waals surface area contributed by atoms with Crippen LogP contribution in [0, 0.1) is 0 Å². The SMILES string of the molecule is O=C(O)CC1=CNC=CC1. The van der Waals surface area contributed by atoms with Crippen LogP contribution in [0.1, 0.15) is 12.8 Å². The fourth-order valence-electron chi connectivity index (χ4n) is 0.821. The molecule has 3 heteroatoms. The van der Waals surface area contributed by atoms with Gasteiger partial charge in [0.1, 0.15) is 0 Å². The molecular weight excluding hydrogens is 130 g/mol. The number of hydrogen-bond acceptors (Lipinski definition) is 2. The second kappa shape index (κ2) is 3.06. The molecule has 0 fully saturated rings. The lowest BCUT2D eigenvalue weighted by Gasteiger charge is -2.05. The van der Waals surface area contributed by atoms with Gasteiger partial charge < -0.3 is 10.4 Å². The molecule has 0 bridgehead atoms. The molecule has 0 aromatic heterocycles. The van der Waals surface area contributed by atoms with Gasteiger partial charge in [0.05, 0.1) is 6.42 Å². The van der Waals surface area contributed by atoms with Gasteiger partial charge in [-0.05, 0) is 18.2 Å². The van der Waals surface area contributed by atoms with Gasteiger partial charge in [0.25, 0.3) is 0 Å². The molecule has 3 nitrogen and oxygen atoms in total. The summed E-state index contributed by atoms with van der Waals surface area (Å²) in [5.74, 6) is -0.775. The van der Waals surface area contributed by atoms with Gasteiger partial charge in [-0.3, -0.25) is 4.79 Å². The van der Waals surface area contributed by atoms with Gasteiger partial charge in [-0.15, -0.1) is 0 Å². The highest BCUT2D eigenvalue weighted by Gasteiger charge is 2.03. The number of dihydropyridines is 1.